The number of ether oxygens (including phenoxy) is 4. The van der Waals surface area contributed by atoms with Gasteiger partial charge in [-0.15, -0.1) is 0 Å². The molecule has 0 spiro atoms. The topological polar surface area (TPSA) is 169 Å². The van der Waals surface area contributed by atoms with Crippen molar-refractivity contribution in [2.24, 2.45) is 0 Å². The van der Waals surface area contributed by atoms with Crippen LogP contribution in [0.1, 0.15) is 239 Å². The van der Waals surface area contributed by atoms with Gasteiger partial charge < -0.3 is 39.4 Å². The summed E-state index contributed by atoms with van der Waals surface area (Å²) in [6.45, 7) is 3.83. The molecule has 1 saturated heterocycles. The van der Waals surface area contributed by atoms with Gasteiger partial charge in [-0.3, -0.25) is 9.59 Å². The molecule has 6 unspecified atom stereocenters. The highest BCUT2D eigenvalue weighted by Crippen LogP contribution is 2.23. The standard InChI is InChI=1S/C52H94O11/c1-3-5-7-9-11-13-15-17-19-21-23-25-26-28-30-32-34-36-38-40-45(53)60-42-44(43-61-52-49(57)47(55)48(56)50(63-52)51(58)59)62-46(54)41-39-37-35-33-31-29-27-24-22-20-18-16-14-12-10-8-6-4-2/h17,19-20,22,44,47-50,52,55-57H,3-16,18,21,23-43H2,1-2H3,(H,58,59)/b19-17-,22-20-. The molecular formula is C52H94O11. The third kappa shape index (κ3) is 33.8. The van der Waals surface area contributed by atoms with Crippen LogP contribution in [-0.2, 0) is 33.3 Å². The lowest BCUT2D eigenvalue weighted by molar-refractivity contribution is -0.298. The van der Waals surface area contributed by atoms with Crippen LogP contribution in [0.3, 0.4) is 0 Å². The minimum atomic E-state index is -1.86. The number of unbranched alkanes of at least 4 members (excludes halogenated alkanes) is 29. The maximum Gasteiger partial charge on any atom is 0.335 e. The normalized spacial score (nSPS) is 19.5. The largest absolute Gasteiger partial charge is 0.479 e. The predicted octanol–water partition coefficient (Wildman–Crippen LogP) is 12.2. The Bertz CT molecular complexity index is 1140. The first-order valence-electron chi connectivity index (χ1n) is 25.9. The number of aliphatic hydroxyl groups is 3. The molecule has 63 heavy (non-hydrogen) atoms. The molecule has 0 saturated carbocycles. The zero-order valence-corrected chi connectivity index (χ0v) is 40.1. The number of carbonyl (C=O) groups excluding carboxylic acids is 2. The summed E-state index contributed by atoms with van der Waals surface area (Å²) in [7, 11) is 0. The number of aliphatic hydroxyl groups excluding tert-OH is 3. The van der Waals surface area contributed by atoms with Crippen LogP contribution in [0.4, 0.5) is 0 Å². The van der Waals surface area contributed by atoms with Gasteiger partial charge in [-0.2, -0.15) is 0 Å². The Hall–Kier alpha value is -2.31. The second-order valence-corrected chi connectivity index (χ2v) is 18.0. The molecule has 0 amide bonds. The molecule has 0 radical (unpaired) electrons. The summed E-state index contributed by atoms with van der Waals surface area (Å²) in [5.74, 6) is -2.44. The third-order valence-corrected chi connectivity index (χ3v) is 12.0. The van der Waals surface area contributed by atoms with Gasteiger partial charge in [-0.25, -0.2) is 4.79 Å². The van der Waals surface area contributed by atoms with Crippen molar-refractivity contribution in [3.8, 4) is 0 Å². The quantitative estimate of drug-likeness (QED) is 0.0261. The fourth-order valence-electron chi connectivity index (χ4n) is 7.93. The van der Waals surface area contributed by atoms with Crippen molar-refractivity contribution in [3.05, 3.63) is 24.3 Å². The smallest absolute Gasteiger partial charge is 0.335 e. The van der Waals surface area contributed by atoms with Gasteiger partial charge in [0.05, 0.1) is 6.61 Å². The number of carboxylic acid groups (broad SMARTS) is 1. The number of esters is 2. The summed E-state index contributed by atoms with van der Waals surface area (Å²) in [5, 5.41) is 39.9. The van der Waals surface area contributed by atoms with Crippen LogP contribution in [0.5, 0.6) is 0 Å². The Morgan fingerprint density at radius 1 is 0.476 bits per heavy atom. The first kappa shape index (κ1) is 58.7. The van der Waals surface area contributed by atoms with Crippen molar-refractivity contribution < 1.29 is 53.8 Å². The molecule has 0 bridgehead atoms. The van der Waals surface area contributed by atoms with Gasteiger partial charge in [0.15, 0.2) is 18.5 Å². The summed E-state index contributed by atoms with van der Waals surface area (Å²) in [4.78, 5) is 37.0. The number of rotatable bonds is 44. The SMILES string of the molecule is CCCCCCCC/C=C\CCCCCCCCCCCC(=O)OCC(COC1OC(C(=O)O)C(O)C(O)C1O)OC(=O)CCCCCCCCC/C=C\CCCCCCCCC. The molecule has 368 valence electrons. The van der Waals surface area contributed by atoms with E-state index in [2.05, 4.69) is 38.2 Å². The Morgan fingerprint density at radius 2 is 0.841 bits per heavy atom. The summed E-state index contributed by atoms with van der Waals surface area (Å²) >= 11 is 0. The highest BCUT2D eigenvalue weighted by molar-refractivity contribution is 5.73. The van der Waals surface area contributed by atoms with Crippen molar-refractivity contribution >= 4 is 17.9 Å². The van der Waals surface area contributed by atoms with Crippen molar-refractivity contribution in [1.82, 2.24) is 0 Å². The molecule has 6 atom stereocenters. The van der Waals surface area contributed by atoms with Crippen LogP contribution in [0.2, 0.25) is 0 Å². The molecule has 0 aromatic heterocycles. The summed E-state index contributed by atoms with van der Waals surface area (Å²) in [6, 6.07) is 0. The minimum absolute atomic E-state index is 0.180. The highest BCUT2D eigenvalue weighted by Gasteiger charge is 2.47. The molecule has 1 aliphatic rings. The summed E-state index contributed by atoms with van der Waals surface area (Å²) in [6.07, 6.45) is 39.4. The first-order valence-corrected chi connectivity index (χ1v) is 25.9. The van der Waals surface area contributed by atoms with Gasteiger partial charge in [-0.1, -0.05) is 186 Å². The van der Waals surface area contributed by atoms with E-state index in [1.807, 2.05) is 0 Å². The average molecular weight is 895 g/mol. The van der Waals surface area contributed by atoms with E-state index >= 15 is 0 Å². The van der Waals surface area contributed by atoms with Gasteiger partial charge in [-0.05, 0) is 64.2 Å². The van der Waals surface area contributed by atoms with Crippen LogP contribution >= 0.6 is 0 Å². The molecule has 11 heteroatoms. The van der Waals surface area contributed by atoms with E-state index in [0.29, 0.717) is 12.8 Å². The van der Waals surface area contributed by atoms with E-state index in [-0.39, 0.29) is 26.1 Å². The van der Waals surface area contributed by atoms with Gasteiger partial charge in [0.2, 0.25) is 0 Å². The molecule has 1 fully saturated rings. The molecule has 0 aromatic carbocycles. The van der Waals surface area contributed by atoms with Crippen molar-refractivity contribution in [2.45, 2.75) is 275 Å². The van der Waals surface area contributed by atoms with Crippen LogP contribution in [0, 0.1) is 0 Å². The lowest BCUT2D eigenvalue weighted by Gasteiger charge is -2.38. The zero-order chi connectivity index (χ0) is 46.0. The maximum atomic E-state index is 12.8. The number of carboxylic acids is 1. The van der Waals surface area contributed by atoms with E-state index in [1.165, 1.54) is 154 Å². The molecular weight excluding hydrogens is 801 g/mol. The van der Waals surface area contributed by atoms with Gasteiger partial charge in [0, 0.05) is 12.8 Å². The monoisotopic (exact) mass is 895 g/mol. The van der Waals surface area contributed by atoms with E-state index in [0.717, 1.165) is 44.9 Å². The molecule has 1 rings (SSSR count). The van der Waals surface area contributed by atoms with E-state index < -0.39 is 54.7 Å². The molecule has 1 heterocycles. The number of aliphatic carboxylic acids is 1. The molecule has 11 nitrogen and oxygen atoms in total. The summed E-state index contributed by atoms with van der Waals surface area (Å²) < 4.78 is 21.8. The number of allylic oxidation sites excluding steroid dienone is 4. The molecule has 4 N–H and O–H groups in total. The lowest BCUT2D eigenvalue weighted by atomic mass is 9.99. The highest BCUT2D eigenvalue weighted by atomic mass is 16.7. The van der Waals surface area contributed by atoms with Crippen molar-refractivity contribution in [1.29, 1.82) is 0 Å². The van der Waals surface area contributed by atoms with Crippen LogP contribution in [0.15, 0.2) is 24.3 Å². The average Bonchev–Trinajstić information content (AvgIpc) is 3.27. The van der Waals surface area contributed by atoms with Crippen molar-refractivity contribution in [3.63, 3.8) is 0 Å². The number of carbonyl (C=O) groups is 3. The first-order chi connectivity index (χ1) is 30.7. The van der Waals surface area contributed by atoms with Crippen LogP contribution in [0.25, 0.3) is 0 Å². The van der Waals surface area contributed by atoms with E-state index in [1.54, 1.807) is 0 Å². The fraction of sp³-hybridized carbons (Fsp3) is 0.865. The van der Waals surface area contributed by atoms with E-state index in [9.17, 15) is 34.8 Å². The number of hydrogen-bond acceptors (Lipinski definition) is 10. The molecule has 0 aliphatic carbocycles. The Kier molecular flexibility index (Phi) is 39.4. The lowest BCUT2D eigenvalue weighted by Crippen LogP contribution is -2.60. The second kappa shape index (κ2) is 42.3. The number of hydrogen-bond donors (Lipinski definition) is 4. The summed E-state index contributed by atoms with van der Waals surface area (Å²) in [5.41, 5.74) is 0. The maximum absolute atomic E-state index is 12.8. The van der Waals surface area contributed by atoms with E-state index in [4.69, 9.17) is 18.9 Å². The Labute approximate surface area is 383 Å². The van der Waals surface area contributed by atoms with Crippen molar-refractivity contribution in [2.75, 3.05) is 13.2 Å². The van der Waals surface area contributed by atoms with Crippen LogP contribution < -0.4 is 0 Å². The second-order valence-electron chi connectivity index (χ2n) is 18.0. The Morgan fingerprint density at radius 3 is 1.24 bits per heavy atom. The van der Waals surface area contributed by atoms with Gasteiger partial charge in [0.25, 0.3) is 0 Å². The third-order valence-electron chi connectivity index (χ3n) is 12.0. The van der Waals surface area contributed by atoms with Gasteiger partial charge >= 0.3 is 17.9 Å². The minimum Gasteiger partial charge on any atom is -0.479 e. The predicted molar refractivity (Wildman–Crippen MR) is 252 cm³/mol. The van der Waals surface area contributed by atoms with Gasteiger partial charge in [0.1, 0.15) is 24.9 Å². The van der Waals surface area contributed by atoms with Crippen LogP contribution in [-0.4, -0.2) is 88.4 Å². The fourth-order valence-corrected chi connectivity index (χ4v) is 7.93. The molecule has 0 aromatic rings. The Balaban J connectivity index is 2.30. The zero-order valence-electron chi connectivity index (χ0n) is 40.1. The molecule has 1 aliphatic heterocycles.